The fraction of sp³-hybridized carbons (Fsp3) is 0.529. The average molecular weight is 306 g/mol. The highest BCUT2D eigenvalue weighted by atomic mass is 16.3. The molecule has 122 valence electrons. The number of anilines is 1. The van der Waals surface area contributed by atoms with Gasteiger partial charge in [-0.1, -0.05) is 52.3 Å². The predicted molar refractivity (Wildman–Crippen MR) is 87.6 cm³/mol. The molecular weight excluding hydrogens is 280 g/mol. The predicted octanol–water partition coefficient (Wildman–Crippen LogP) is 2.27. The van der Waals surface area contributed by atoms with E-state index in [1.54, 1.807) is 6.07 Å². The van der Waals surface area contributed by atoms with Gasteiger partial charge in [-0.25, -0.2) is 0 Å². The first-order valence-corrected chi connectivity index (χ1v) is 7.73. The van der Waals surface area contributed by atoms with Gasteiger partial charge in [0.05, 0.1) is 6.10 Å². The molecule has 0 aromatic heterocycles. The number of rotatable bonds is 6. The lowest BCUT2D eigenvalue weighted by molar-refractivity contribution is -0.136. The second kappa shape index (κ2) is 8.54. The van der Waals surface area contributed by atoms with Crippen LogP contribution >= 0.6 is 0 Å². The number of benzene rings is 1. The van der Waals surface area contributed by atoms with E-state index in [4.69, 9.17) is 0 Å². The maximum Gasteiger partial charge on any atom is 0.313 e. The molecule has 3 N–H and O–H groups in total. The largest absolute Gasteiger partial charge is 0.391 e. The Morgan fingerprint density at radius 2 is 1.77 bits per heavy atom. The highest BCUT2D eigenvalue weighted by molar-refractivity contribution is 6.39. The smallest absolute Gasteiger partial charge is 0.313 e. The summed E-state index contributed by atoms with van der Waals surface area (Å²) in [5.74, 6) is -1.14. The zero-order valence-corrected chi connectivity index (χ0v) is 13.7. The van der Waals surface area contributed by atoms with E-state index in [1.807, 2.05) is 45.9 Å². The molecule has 0 aliphatic rings. The van der Waals surface area contributed by atoms with Crippen LogP contribution in [0.3, 0.4) is 0 Å². The molecule has 0 saturated heterocycles. The number of carbonyl (C=O) groups excluding carboxylic acids is 2. The van der Waals surface area contributed by atoms with Crippen LogP contribution in [-0.2, 0) is 9.59 Å². The van der Waals surface area contributed by atoms with Crippen LogP contribution < -0.4 is 10.6 Å². The third-order valence-corrected chi connectivity index (χ3v) is 3.81. The van der Waals surface area contributed by atoms with Crippen molar-refractivity contribution in [2.75, 3.05) is 11.9 Å². The maximum absolute atomic E-state index is 11.9. The quantitative estimate of drug-likeness (QED) is 0.705. The lowest BCUT2D eigenvalue weighted by atomic mass is 10.0. The molecule has 0 aliphatic carbocycles. The summed E-state index contributed by atoms with van der Waals surface area (Å²) < 4.78 is 0. The molecule has 0 aliphatic heterocycles. The standard InChI is InChI=1S/C17H26N2O3/c1-5-12(4)15(20)10-18-16(21)17(22)19-14-9-7-6-8-13(14)11(2)3/h6-9,11-12,15,20H,5,10H2,1-4H3,(H,18,21)(H,19,22). The Morgan fingerprint density at radius 1 is 1.14 bits per heavy atom. The average Bonchev–Trinajstić information content (AvgIpc) is 2.51. The zero-order valence-electron chi connectivity index (χ0n) is 13.7. The topological polar surface area (TPSA) is 78.4 Å². The van der Waals surface area contributed by atoms with Crippen molar-refractivity contribution in [1.29, 1.82) is 0 Å². The summed E-state index contributed by atoms with van der Waals surface area (Å²) in [6.07, 6.45) is 0.162. The molecule has 0 fully saturated rings. The van der Waals surface area contributed by atoms with Crippen LogP contribution in [0.15, 0.2) is 24.3 Å². The van der Waals surface area contributed by atoms with Crippen LogP contribution in [0.2, 0.25) is 0 Å². The van der Waals surface area contributed by atoms with Crippen molar-refractivity contribution in [3.63, 3.8) is 0 Å². The summed E-state index contributed by atoms with van der Waals surface area (Å²) in [7, 11) is 0. The Morgan fingerprint density at radius 3 is 2.36 bits per heavy atom. The first-order valence-electron chi connectivity index (χ1n) is 7.73. The van der Waals surface area contributed by atoms with Crippen molar-refractivity contribution < 1.29 is 14.7 Å². The zero-order chi connectivity index (χ0) is 16.7. The number of amides is 2. The van der Waals surface area contributed by atoms with Gasteiger partial charge in [-0.2, -0.15) is 0 Å². The van der Waals surface area contributed by atoms with Gasteiger partial charge in [-0.3, -0.25) is 9.59 Å². The van der Waals surface area contributed by atoms with Crippen LogP contribution in [0.4, 0.5) is 5.69 Å². The minimum atomic E-state index is -0.735. The molecule has 22 heavy (non-hydrogen) atoms. The van der Waals surface area contributed by atoms with Gasteiger partial charge in [0, 0.05) is 12.2 Å². The Hall–Kier alpha value is -1.88. The molecular formula is C17H26N2O3. The van der Waals surface area contributed by atoms with E-state index in [1.165, 1.54) is 0 Å². The van der Waals surface area contributed by atoms with E-state index in [0.29, 0.717) is 5.69 Å². The number of aliphatic hydroxyl groups is 1. The third kappa shape index (κ3) is 5.15. The van der Waals surface area contributed by atoms with Gasteiger partial charge in [0.25, 0.3) is 0 Å². The summed E-state index contributed by atoms with van der Waals surface area (Å²) >= 11 is 0. The molecule has 1 aromatic carbocycles. The lowest BCUT2D eigenvalue weighted by Gasteiger charge is -2.17. The van der Waals surface area contributed by atoms with Gasteiger partial charge in [0.15, 0.2) is 0 Å². The molecule has 0 radical (unpaired) electrons. The normalized spacial score (nSPS) is 13.5. The monoisotopic (exact) mass is 306 g/mol. The van der Waals surface area contributed by atoms with Crippen molar-refractivity contribution in [2.24, 2.45) is 5.92 Å². The van der Waals surface area contributed by atoms with Gasteiger partial charge in [-0.05, 0) is 23.5 Å². The molecule has 0 saturated carbocycles. The van der Waals surface area contributed by atoms with Crippen molar-refractivity contribution in [3.05, 3.63) is 29.8 Å². The fourth-order valence-corrected chi connectivity index (χ4v) is 2.04. The first kappa shape index (κ1) is 18.2. The molecule has 0 heterocycles. The van der Waals surface area contributed by atoms with E-state index in [9.17, 15) is 14.7 Å². The molecule has 5 nitrogen and oxygen atoms in total. The molecule has 0 bridgehead atoms. The van der Waals surface area contributed by atoms with E-state index in [-0.39, 0.29) is 18.4 Å². The Kier molecular flexibility index (Phi) is 7.05. The summed E-state index contributed by atoms with van der Waals surface area (Å²) in [5, 5.41) is 14.9. The van der Waals surface area contributed by atoms with Crippen LogP contribution in [0.1, 0.15) is 45.6 Å². The minimum absolute atomic E-state index is 0.0741. The minimum Gasteiger partial charge on any atom is -0.391 e. The maximum atomic E-state index is 11.9. The fourth-order valence-electron chi connectivity index (χ4n) is 2.04. The number of hydrogen-bond donors (Lipinski definition) is 3. The summed E-state index contributed by atoms with van der Waals surface area (Å²) in [6, 6.07) is 7.40. The number of hydrogen-bond acceptors (Lipinski definition) is 3. The summed E-state index contributed by atoms with van der Waals surface area (Å²) in [5.41, 5.74) is 1.61. The number of carbonyl (C=O) groups is 2. The van der Waals surface area contributed by atoms with E-state index in [2.05, 4.69) is 10.6 Å². The van der Waals surface area contributed by atoms with Gasteiger partial charge >= 0.3 is 11.8 Å². The SMILES string of the molecule is CCC(C)C(O)CNC(=O)C(=O)Nc1ccccc1C(C)C. The van der Waals surface area contributed by atoms with Gasteiger partial charge in [-0.15, -0.1) is 0 Å². The second-order valence-electron chi connectivity index (χ2n) is 5.86. The van der Waals surface area contributed by atoms with E-state index in [0.717, 1.165) is 12.0 Å². The summed E-state index contributed by atoms with van der Waals surface area (Å²) in [4.78, 5) is 23.7. The third-order valence-electron chi connectivity index (χ3n) is 3.81. The van der Waals surface area contributed by atoms with Crippen LogP contribution in [-0.4, -0.2) is 29.6 Å². The van der Waals surface area contributed by atoms with Crippen molar-refractivity contribution in [1.82, 2.24) is 5.32 Å². The van der Waals surface area contributed by atoms with E-state index < -0.39 is 17.9 Å². The molecule has 2 amide bonds. The van der Waals surface area contributed by atoms with Gasteiger partial charge in [0.1, 0.15) is 0 Å². The van der Waals surface area contributed by atoms with E-state index >= 15 is 0 Å². The van der Waals surface area contributed by atoms with Crippen molar-refractivity contribution in [3.8, 4) is 0 Å². The molecule has 1 rings (SSSR count). The Bertz CT molecular complexity index is 514. The van der Waals surface area contributed by atoms with Crippen LogP contribution in [0.25, 0.3) is 0 Å². The molecule has 5 heteroatoms. The lowest BCUT2D eigenvalue weighted by Crippen LogP contribution is -2.41. The molecule has 0 spiro atoms. The van der Waals surface area contributed by atoms with Crippen LogP contribution in [0, 0.1) is 5.92 Å². The number of aliphatic hydroxyl groups excluding tert-OH is 1. The molecule has 2 unspecified atom stereocenters. The number of para-hydroxylation sites is 1. The van der Waals surface area contributed by atoms with Crippen LogP contribution in [0.5, 0.6) is 0 Å². The first-order chi connectivity index (χ1) is 10.4. The number of nitrogens with one attached hydrogen (secondary N) is 2. The highest BCUT2D eigenvalue weighted by Crippen LogP contribution is 2.23. The Labute approximate surface area is 132 Å². The van der Waals surface area contributed by atoms with Gasteiger partial charge < -0.3 is 15.7 Å². The van der Waals surface area contributed by atoms with Crippen molar-refractivity contribution in [2.45, 2.75) is 46.1 Å². The Balaban J connectivity index is 2.60. The van der Waals surface area contributed by atoms with Gasteiger partial charge in [0.2, 0.25) is 0 Å². The highest BCUT2D eigenvalue weighted by Gasteiger charge is 2.18. The summed E-state index contributed by atoms with van der Waals surface area (Å²) in [6.45, 7) is 7.98. The molecule has 1 aromatic rings. The molecule has 2 atom stereocenters. The van der Waals surface area contributed by atoms with Crippen molar-refractivity contribution >= 4 is 17.5 Å². The second-order valence-corrected chi connectivity index (χ2v) is 5.86.